The van der Waals surface area contributed by atoms with E-state index < -0.39 is 60.0 Å². The van der Waals surface area contributed by atoms with Crippen molar-refractivity contribution in [3.8, 4) is 11.5 Å². The smallest absolute Gasteiger partial charge is 0.446 e. The van der Waals surface area contributed by atoms with Crippen molar-refractivity contribution >= 4 is 46.1 Å². The zero-order valence-electron chi connectivity index (χ0n) is 43.9. The molecule has 2 fully saturated rings. The van der Waals surface area contributed by atoms with Crippen molar-refractivity contribution in [1.82, 2.24) is 19.4 Å². The number of benzene rings is 4. The van der Waals surface area contributed by atoms with Gasteiger partial charge in [-0.3, -0.25) is 19.2 Å². The van der Waals surface area contributed by atoms with Crippen molar-refractivity contribution in [2.75, 3.05) is 27.3 Å². The van der Waals surface area contributed by atoms with Gasteiger partial charge >= 0.3 is 24.2 Å². The fourth-order valence-electron chi connectivity index (χ4n) is 9.24. The molecule has 0 aliphatic carbocycles. The molecular weight excluding hydrogens is 994 g/mol. The van der Waals surface area contributed by atoms with E-state index in [2.05, 4.69) is 4.98 Å². The highest BCUT2D eigenvalue weighted by Gasteiger charge is 2.43. The summed E-state index contributed by atoms with van der Waals surface area (Å²) < 4.78 is 113. The molecule has 2 aromatic heterocycles. The lowest BCUT2D eigenvalue weighted by molar-refractivity contribution is -0.156. The predicted molar refractivity (Wildman–Crippen MR) is 269 cm³/mol. The van der Waals surface area contributed by atoms with Gasteiger partial charge in [-0.2, -0.15) is 13.2 Å². The minimum atomic E-state index is -4.64. The Morgan fingerprint density at radius 1 is 0.747 bits per heavy atom. The molecule has 406 valence electrons. The molecule has 0 bridgehead atoms. The predicted octanol–water partition coefficient (Wildman–Crippen LogP) is 13.3. The quantitative estimate of drug-likeness (QED) is 0.0884. The summed E-state index contributed by atoms with van der Waals surface area (Å²) in [5.74, 6) is -6.36. The number of aldehydes is 1. The summed E-state index contributed by atoms with van der Waals surface area (Å²) in [5.41, 5.74) is 6.18. The number of methoxy groups -OCH3 is 2. The molecular formula is C55H63F7N4O9. The monoisotopic (exact) mass is 1060 g/mol. The van der Waals surface area contributed by atoms with Crippen molar-refractivity contribution in [2.45, 2.75) is 123 Å². The number of aromatic nitrogens is 2. The van der Waals surface area contributed by atoms with Crippen molar-refractivity contribution in [3.05, 3.63) is 130 Å². The first-order valence-electron chi connectivity index (χ1n) is 24.5. The minimum Gasteiger partial charge on any atom is -0.496 e. The molecule has 75 heavy (non-hydrogen) atoms. The first-order chi connectivity index (χ1) is 35.6. The van der Waals surface area contributed by atoms with Crippen LogP contribution in [0.4, 0.5) is 35.5 Å². The third-order valence-corrected chi connectivity index (χ3v) is 12.7. The number of ether oxygens (including phenoxy) is 3. The maximum absolute atomic E-state index is 14.5. The largest absolute Gasteiger partial charge is 0.496 e. The molecule has 2 atom stereocenters. The Labute approximate surface area is 431 Å². The summed E-state index contributed by atoms with van der Waals surface area (Å²) in [6.07, 6.45) is -3.86. The lowest BCUT2D eigenvalue weighted by Crippen LogP contribution is -2.41. The van der Waals surface area contributed by atoms with Gasteiger partial charge in [-0.1, -0.05) is 38.1 Å². The van der Waals surface area contributed by atoms with Gasteiger partial charge < -0.3 is 29.4 Å². The number of aryl methyl sites for hydroxylation is 2. The fourth-order valence-corrected chi connectivity index (χ4v) is 9.24. The SMILES string of the molecule is COc1cc(C)c2[nH]ccc2c1CN1CCC(F)(F)CC1c1ccc(C(=O)O)cc1.COc1cc(C)c2c(ccn2C(=O)OC(C)(C)C)c1CN1CCC(F)(F)CC1c1ccc(C(=O)O)cc1.O=CC(F)(F)F.[2H]CC. The van der Waals surface area contributed by atoms with Gasteiger partial charge in [0.2, 0.25) is 6.29 Å². The number of H-pyrrole nitrogens is 1. The lowest BCUT2D eigenvalue weighted by atomic mass is 9.91. The van der Waals surface area contributed by atoms with E-state index >= 15 is 0 Å². The Morgan fingerprint density at radius 2 is 1.17 bits per heavy atom. The number of aromatic carboxylic acids is 2. The molecule has 0 saturated carbocycles. The number of hydrogen-bond acceptors (Lipinski definition) is 9. The van der Waals surface area contributed by atoms with Crippen LogP contribution in [-0.2, 0) is 22.6 Å². The first-order valence-corrected chi connectivity index (χ1v) is 23.8. The lowest BCUT2D eigenvalue weighted by Gasteiger charge is -2.40. The zero-order chi connectivity index (χ0) is 56.5. The van der Waals surface area contributed by atoms with E-state index in [4.69, 9.17) is 25.5 Å². The van der Waals surface area contributed by atoms with Gasteiger partial charge in [0.1, 0.15) is 17.1 Å². The summed E-state index contributed by atoms with van der Waals surface area (Å²) in [6.45, 7) is 12.7. The second kappa shape index (κ2) is 24.2. The molecule has 2 unspecified atom stereocenters. The van der Waals surface area contributed by atoms with Crippen molar-refractivity contribution in [3.63, 3.8) is 0 Å². The van der Waals surface area contributed by atoms with E-state index in [0.717, 1.165) is 44.3 Å². The highest BCUT2D eigenvalue weighted by atomic mass is 19.4. The van der Waals surface area contributed by atoms with Crippen LogP contribution in [0, 0.1) is 13.8 Å². The van der Waals surface area contributed by atoms with Crippen LogP contribution in [0.15, 0.2) is 85.2 Å². The van der Waals surface area contributed by atoms with Crippen LogP contribution in [0.25, 0.3) is 21.8 Å². The second-order valence-corrected chi connectivity index (χ2v) is 19.0. The molecule has 3 N–H and O–H groups in total. The molecule has 0 spiro atoms. The molecule has 8 rings (SSSR count). The third-order valence-electron chi connectivity index (χ3n) is 12.7. The number of piperidine rings is 2. The maximum atomic E-state index is 14.5. The fraction of sp³-hybridized carbons (Fsp3) is 0.418. The normalized spacial score (nSPS) is 17.7. The standard InChI is InChI=1S/C28H32F2N2O5.C23H24F2N2O3.C2HF3O.C2H6/c1-17-14-23(36-5)21(20-10-12-32(24(17)20)26(35)37-27(2,3)4)16-31-13-11-28(29,30)15-22(31)18-6-8-19(9-7-18)25(33)34;1-14-11-20(30-2)18(17-7-9-26-21(14)17)13-27-10-8-23(24,25)12-19(27)15-3-5-16(6-4-15)22(28)29;3-2(4,5)1-6;1-2/h6-10,12,14,22H,11,13,15-16H2,1-5H3,(H,33,34);3-7,9,11,19,26H,8,10,12-13H2,1-2H3,(H,28,29);1H;1-2H3/i;;;1D. The van der Waals surface area contributed by atoms with Crippen molar-refractivity contribution in [1.29, 1.82) is 0 Å². The number of halogens is 7. The Kier molecular flexibility index (Phi) is 18.5. The molecule has 4 aromatic carbocycles. The van der Waals surface area contributed by atoms with Crippen LogP contribution < -0.4 is 9.47 Å². The number of fused-ring (bicyclic) bond motifs is 2. The average molecular weight is 1060 g/mol. The number of likely N-dealkylation sites (tertiary alicyclic amines) is 2. The summed E-state index contributed by atoms with van der Waals surface area (Å²) >= 11 is 0. The van der Waals surface area contributed by atoms with E-state index in [1.807, 2.05) is 54.1 Å². The van der Waals surface area contributed by atoms with Gasteiger partial charge in [-0.15, -0.1) is 0 Å². The molecule has 2 saturated heterocycles. The number of alkyl halides is 7. The molecule has 20 heteroatoms. The molecule has 0 radical (unpaired) electrons. The number of carbonyl (C=O) groups is 4. The maximum Gasteiger partial charge on any atom is 0.446 e. The van der Waals surface area contributed by atoms with E-state index in [1.165, 1.54) is 28.8 Å². The number of nitrogens with zero attached hydrogens (tertiary/aromatic N) is 3. The zero-order valence-corrected chi connectivity index (χ0v) is 42.9. The Morgan fingerprint density at radius 3 is 1.57 bits per heavy atom. The van der Waals surface area contributed by atoms with E-state index in [0.29, 0.717) is 42.4 Å². The molecule has 2 aliphatic rings. The van der Waals surface area contributed by atoms with Gasteiger partial charge in [0.15, 0.2) is 0 Å². The number of carbonyl (C=O) groups excluding carboxylic acids is 2. The van der Waals surface area contributed by atoms with Crippen LogP contribution in [0.3, 0.4) is 0 Å². The van der Waals surface area contributed by atoms with Crippen LogP contribution in [0.1, 0.15) is 128 Å². The summed E-state index contributed by atoms with van der Waals surface area (Å²) in [4.78, 5) is 51.3. The van der Waals surface area contributed by atoms with E-state index in [1.54, 1.807) is 72.4 Å². The number of rotatable bonds is 10. The van der Waals surface area contributed by atoms with Crippen molar-refractivity contribution < 1.29 is 75.7 Å². The summed E-state index contributed by atoms with van der Waals surface area (Å²) in [7, 11) is 3.17. The van der Waals surface area contributed by atoms with E-state index in [9.17, 15) is 50.2 Å². The molecule has 6 aromatic rings. The average Bonchev–Trinajstić information content (AvgIpc) is 4.04. The number of carboxylic acid groups (broad SMARTS) is 2. The number of hydrogen-bond donors (Lipinski definition) is 3. The summed E-state index contributed by atoms with van der Waals surface area (Å²) in [5, 5.41) is 20.1. The third kappa shape index (κ3) is 14.9. The molecule has 4 heterocycles. The highest BCUT2D eigenvalue weighted by Crippen LogP contribution is 2.44. The second-order valence-electron chi connectivity index (χ2n) is 19.0. The first kappa shape index (κ1) is 57.4. The number of nitrogens with one attached hydrogen (secondary N) is 1. The van der Waals surface area contributed by atoms with Crippen molar-refractivity contribution in [2.24, 2.45) is 0 Å². The van der Waals surface area contributed by atoms with Gasteiger partial charge in [0.25, 0.3) is 11.8 Å². The van der Waals surface area contributed by atoms with Crippen LogP contribution in [0.5, 0.6) is 11.5 Å². The molecule has 2 aliphatic heterocycles. The molecule has 0 amide bonds. The Hall–Kier alpha value is -6.93. The minimum absolute atomic E-state index is 0.100. The van der Waals surface area contributed by atoms with Gasteiger partial charge in [-0.25, -0.2) is 31.9 Å². The van der Waals surface area contributed by atoms with Gasteiger partial charge in [0.05, 0.1) is 30.9 Å². The van der Waals surface area contributed by atoms with Gasteiger partial charge in [-0.05, 0) is 105 Å². The number of carboxylic acids is 2. The van der Waals surface area contributed by atoms with Crippen LogP contribution in [0.2, 0.25) is 0 Å². The van der Waals surface area contributed by atoms with E-state index in [-0.39, 0.29) is 49.9 Å². The highest BCUT2D eigenvalue weighted by molar-refractivity contribution is 5.95. The van der Waals surface area contributed by atoms with Gasteiger partial charge in [0, 0.05) is 105 Å². The number of aromatic amines is 1. The summed E-state index contributed by atoms with van der Waals surface area (Å²) in [6, 6.07) is 18.8. The van der Waals surface area contributed by atoms with Crippen LogP contribution >= 0.6 is 0 Å². The topological polar surface area (TPSA) is 164 Å². The van der Waals surface area contributed by atoms with Crippen LogP contribution in [-0.4, -0.2) is 105 Å². The Bertz CT molecular complexity index is 2970. The molecule has 13 nitrogen and oxygen atoms in total. The Balaban J connectivity index is 0.000000246.